The van der Waals surface area contributed by atoms with E-state index < -0.39 is 17.2 Å². The minimum absolute atomic E-state index is 0.237. The van der Waals surface area contributed by atoms with Gasteiger partial charge in [0.1, 0.15) is 23.6 Å². The third-order valence-corrected chi connectivity index (χ3v) is 5.27. The summed E-state index contributed by atoms with van der Waals surface area (Å²) in [6.45, 7) is -0.241. The molecule has 0 N–H and O–H groups in total. The van der Waals surface area contributed by atoms with Crippen molar-refractivity contribution in [2.75, 3.05) is 7.11 Å². The Morgan fingerprint density at radius 1 is 0.970 bits per heavy atom. The summed E-state index contributed by atoms with van der Waals surface area (Å²) in [4.78, 5) is 37.2. The average molecular weight is 446 g/mol. The molecule has 0 saturated heterocycles. The van der Waals surface area contributed by atoms with Crippen LogP contribution in [0.3, 0.4) is 0 Å². The molecule has 4 rings (SSSR count). The Kier molecular flexibility index (Phi) is 5.95. The molecule has 0 aliphatic rings. The number of hydrogen-bond acceptors (Lipinski definition) is 6. The molecule has 2 aromatic carbocycles. The average Bonchev–Trinajstić information content (AvgIpc) is 3.30. The second kappa shape index (κ2) is 8.99. The zero-order chi connectivity index (χ0) is 23.5. The number of para-hydroxylation sites is 1. The lowest BCUT2D eigenvalue weighted by atomic mass is 10.1. The minimum Gasteiger partial charge on any atom is -0.497 e. The van der Waals surface area contributed by atoms with E-state index in [2.05, 4.69) is 5.10 Å². The van der Waals surface area contributed by atoms with Crippen molar-refractivity contribution in [3.8, 4) is 22.7 Å². The van der Waals surface area contributed by atoms with Gasteiger partial charge >= 0.3 is 11.7 Å². The number of benzene rings is 2. The van der Waals surface area contributed by atoms with Crippen molar-refractivity contribution in [1.29, 1.82) is 0 Å². The van der Waals surface area contributed by atoms with E-state index in [1.54, 1.807) is 36.2 Å². The molecule has 0 unspecified atom stereocenters. The van der Waals surface area contributed by atoms with Crippen LogP contribution in [0.2, 0.25) is 0 Å². The number of ether oxygens (including phenoxy) is 2. The van der Waals surface area contributed by atoms with E-state index in [0.29, 0.717) is 17.0 Å². The van der Waals surface area contributed by atoms with Gasteiger partial charge in [0.2, 0.25) is 0 Å². The largest absolute Gasteiger partial charge is 0.497 e. The molecule has 0 spiro atoms. The van der Waals surface area contributed by atoms with Crippen LogP contribution in [0, 0.1) is 0 Å². The topological polar surface area (TPSA) is 97.4 Å². The van der Waals surface area contributed by atoms with E-state index in [4.69, 9.17) is 9.47 Å². The van der Waals surface area contributed by atoms with E-state index in [-0.39, 0.29) is 17.9 Å². The SMILES string of the molecule is COc1cccc(-c2nn(-c3ccccc3)cc2C(=O)OCc2cc(=O)n(C)c(=O)n2C)c1. The molecule has 0 aliphatic carbocycles. The molecule has 0 radical (unpaired) electrons. The summed E-state index contributed by atoms with van der Waals surface area (Å²) in [6, 6.07) is 17.8. The number of methoxy groups -OCH3 is 1. The zero-order valence-electron chi connectivity index (χ0n) is 18.4. The molecule has 0 fully saturated rings. The first kappa shape index (κ1) is 21.8. The first-order valence-corrected chi connectivity index (χ1v) is 10.1. The second-order valence-electron chi connectivity index (χ2n) is 7.35. The van der Waals surface area contributed by atoms with Gasteiger partial charge in [-0.3, -0.25) is 13.9 Å². The zero-order valence-corrected chi connectivity index (χ0v) is 18.4. The Balaban J connectivity index is 1.71. The molecular formula is C24H22N4O5. The van der Waals surface area contributed by atoms with Crippen LogP contribution in [0.5, 0.6) is 5.75 Å². The number of hydrogen-bond donors (Lipinski definition) is 0. The molecule has 0 atom stereocenters. The smallest absolute Gasteiger partial charge is 0.342 e. The maximum Gasteiger partial charge on any atom is 0.342 e. The normalized spacial score (nSPS) is 10.8. The Labute approximate surface area is 189 Å². The Morgan fingerprint density at radius 3 is 2.45 bits per heavy atom. The quantitative estimate of drug-likeness (QED) is 0.422. The van der Waals surface area contributed by atoms with Crippen LogP contribution in [0.1, 0.15) is 16.1 Å². The van der Waals surface area contributed by atoms with Gasteiger partial charge in [-0.05, 0) is 24.3 Å². The predicted molar refractivity (Wildman–Crippen MR) is 122 cm³/mol. The molecule has 0 saturated carbocycles. The summed E-state index contributed by atoms with van der Waals surface area (Å²) in [7, 11) is 4.46. The molecule has 2 aromatic heterocycles. The van der Waals surface area contributed by atoms with Crippen LogP contribution in [0.15, 0.2) is 76.4 Å². The van der Waals surface area contributed by atoms with Crippen molar-refractivity contribution in [3.05, 3.63) is 99.0 Å². The number of rotatable bonds is 6. The van der Waals surface area contributed by atoms with Crippen molar-refractivity contribution in [2.45, 2.75) is 6.61 Å². The number of carbonyl (C=O) groups is 1. The number of nitrogens with zero attached hydrogens (tertiary/aromatic N) is 4. The summed E-state index contributed by atoms with van der Waals surface area (Å²) in [6.07, 6.45) is 1.59. The van der Waals surface area contributed by atoms with Crippen LogP contribution >= 0.6 is 0 Å². The molecule has 33 heavy (non-hydrogen) atoms. The van der Waals surface area contributed by atoms with Crippen molar-refractivity contribution in [3.63, 3.8) is 0 Å². The fraction of sp³-hybridized carbons (Fsp3) is 0.167. The van der Waals surface area contributed by atoms with E-state index in [1.165, 1.54) is 24.7 Å². The van der Waals surface area contributed by atoms with Crippen LogP contribution in [0.25, 0.3) is 16.9 Å². The molecule has 2 heterocycles. The Bertz CT molecular complexity index is 1430. The number of carbonyl (C=O) groups excluding carboxylic acids is 1. The Morgan fingerprint density at radius 2 is 1.73 bits per heavy atom. The van der Waals surface area contributed by atoms with Crippen LogP contribution in [0.4, 0.5) is 0 Å². The summed E-state index contributed by atoms with van der Waals surface area (Å²) in [5.41, 5.74) is 1.42. The molecule has 9 nitrogen and oxygen atoms in total. The van der Waals surface area contributed by atoms with Gasteiger partial charge in [0.05, 0.1) is 18.5 Å². The third-order valence-electron chi connectivity index (χ3n) is 5.27. The van der Waals surface area contributed by atoms with E-state index in [9.17, 15) is 14.4 Å². The summed E-state index contributed by atoms with van der Waals surface area (Å²) >= 11 is 0. The van der Waals surface area contributed by atoms with Crippen molar-refractivity contribution >= 4 is 5.97 Å². The van der Waals surface area contributed by atoms with Crippen molar-refractivity contribution < 1.29 is 14.3 Å². The first-order chi connectivity index (χ1) is 15.9. The van der Waals surface area contributed by atoms with E-state index >= 15 is 0 Å². The van der Waals surface area contributed by atoms with E-state index in [1.807, 2.05) is 36.4 Å². The predicted octanol–water partition coefficient (Wildman–Crippen LogP) is 2.30. The van der Waals surface area contributed by atoms with Gasteiger partial charge in [-0.15, -0.1) is 0 Å². The maximum atomic E-state index is 13.1. The highest BCUT2D eigenvalue weighted by molar-refractivity contribution is 5.96. The van der Waals surface area contributed by atoms with Crippen LogP contribution in [-0.4, -0.2) is 32.0 Å². The van der Waals surface area contributed by atoms with Gasteiger partial charge in [0, 0.05) is 31.9 Å². The minimum atomic E-state index is -0.636. The van der Waals surface area contributed by atoms with Crippen molar-refractivity contribution in [2.24, 2.45) is 14.1 Å². The molecule has 0 aliphatic heterocycles. The highest BCUT2D eigenvalue weighted by Gasteiger charge is 2.21. The third kappa shape index (κ3) is 4.33. The fourth-order valence-electron chi connectivity index (χ4n) is 3.35. The van der Waals surface area contributed by atoms with Gasteiger partial charge in [-0.25, -0.2) is 14.3 Å². The lowest BCUT2D eigenvalue weighted by molar-refractivity contribution is 0.0463. The molecule has 0 bridgehead atoms. The summed E-state index contributed by atoms with van der Waals surface area (Å²) in [5, 5.41) is 4.61. The first-order valence-electron chi connectivity index (χ1n) is 10.1. The van der Waals surface area contributed by atoms with Gasteiger partial charge in [-0.1, -0.05) is 30.3 Å². The Hall–Kier alpha value is -4.40. The van der Waals surface area contributed by atoms with Gasteiger partial charge in [-0.2, -0.15) is 5.10 Å². The van der Waals surface area contributed by atoms with Gasteiger partial charge < -0.3 is 9.47 Å². The maximum absolute atomic E-state index is 13.1. The summed E-state index contributed by atoms with van der Waals surface area (Å²) < 4.78 is 14.6. The second-order valence-corrected chi connectivity index (χ2v) is 7.35. The standard InChI is InChI=1S/C24H22N4O5/c1-26-18(13-21(29)27(2)24(26)31)15-33-23(30)20-14-28(17-9-5-4-6-10-17)25-22(20)16-8-7-11-19(12-16)32-3/h4-14H,15H2,1-3H3. The number of esters is 1. The van der Waals surface area contributed by atoms with Crippen LogP contribution < -0.4 is 16.0 Å². The summed E-state index contributed by atoms with van der Waals surface area (Å²) in [5.74, 6) is -0.0145. The lowest BCUT2D eigenvalue weighted by Gasteiger charge is -2.10. The molecule has 0 amide bonds. The van der Waals surface area contributed by atoms with Gasteiger partial charge in [0.15, 0.2) is 0 Å². The molecule has 9 heteroatoms. The number of aromatic nitrogens is 4. The van der Waals surface area contributed by atoms with E-state index in [0.717, 1.165) is 10.3 Å². The fourth-order valence-corrected chi connectivity index (χ4v) is 3.35. The lowest BCUT2D eigenvalue weighted by Crippen LogP contribution is -2.38. The highest BCUT2D eigenvalue weighted by atomic mass is 16.5. The van der Waals surface area contributed by atoms with Gasteiger partial charge in [0.25, 0.3) is 5.56 Å². The molecule has 168 valence electrons. The molecule has 4 aromatic rings. The highest BCUT2D eigenvalue weighted by Crippen LogP contribution is 2.27. The molecular weight excluding hydrogens is 424 g/mol. The van der Waals surface area contributed by atoms with Crippen LogP contribution in [-0.2, 0) is 25.4 Å². The van der Waals surface area contributed by atoms with Crippen molar-refractivity contribution in [1.82, 2.24) is 18.9 Å². The monoisotopic (exact) mass is 446 g/mol.